The van der Waals surface area contributed by atoms with E-state index < -0.39 is 15.8 Å². The molecule has 0 spiro atoms. The highest BCUT2D eigenvalue weighted by Crippen LogP contribution is 2.21. The highest BCUT2D eigenvalue weighted by atomic mass is 35.5. The monoisotopic (exact) mass is 301 g/mol. The zero-order chi connectivity index (χ0) is 14.0. The molecule has 0 aromatic carbocycles. The standard InChI is InChI=1S/C11H9ClFN3O2S/c1-16(11-3-2-8(12)5-15-11)19(17,18)10-4-9(13)6-14-7-10/h2-7H,1H3. The minimum absolute atomic E-state index is 0.175. The molecule has 0 saturated heterocycles. The Hall–Kier alpha value is -1.73. The van der Waals surface area contributed by atoms with Crippen LogP contribution >= 0.6 is 11.6 Å². The molecule has 0 aliphatic rings. The molecular formula is C11H9ClFN3O2S. The molecule has 0 radical (unpaired) electrons. The Morgan fingerprint density at radius 1 is 1.26 bits per heavy atom. The molecule has 0 aliphatic carbocycles. The molecule has 19 heavy (non-hydrogen) atoms. The lowest BCUT2D eigenvalue weighted by Crippen LogP contribution is -2.27. The van der Waals surface area contributed by atoms with Crippen molar-refractivity contribution < 1.29 is 12.8 Å². The van der Waals surface area contributed by atoms with Gasteiger partial charge in [-0.2, -0.15) is 0 Å². The molecule has 2 aromatic rings. The maximum Gasteiger partial charge on any atom is 0.266 e. The summed E-state index contributed by atoms with van der Waals surface area (Å²) in [6, 6.07) is 3.86. The topological polar surface area (TPSA) is 63.2 Å². The predicted octanol–water partition coefficient (Wildman–Crippen LogP) is 2.09. The van der Waals surface area contributed by atoms with Crippen LogP contribution in [0.1, 0.15) is 0 Å². The molecule has 0 aliphatic heterocycles. The van der Waals surface area contributed by atoms with Crippen LogP contribution in [0.2, 0.25) is 5.02 Å². The molecule has 8 heteroatoms. The Bertz CT molecular complexity index is 691. The van der Waals surface area contributed by atoms with Gasteiger partial charge in [0.15, 0.2) is 0 Å². The molecule has 0 unspecified atom stereocenters. The minimum atomic E-state index is -3.90. The fourth-order valence-corrected chi connectivity index (χ4v) is 2.61. The van der Waals surface area contributed by atoms with E-state index in [2.05, 4.69) is 9.97 Å². The van der Waals surface area contributed by atoms with E-state index in [1.165, 1.54) is 25.4 Å². The normalized spacial score (nSPS) is 11.3. The van der Waals surface area contributed by atoms with Crippen LogP contribution in [0.25, 0.3) is 0 Å². The first-order valence-corrected chi connectivity index (χ1v) is 6.94. The Labute approximate surface area is 114 Å². The van der Waals surface area contributed by atoms with Gasteiger partial charge in [0.25, 0.3) is 10.0 Å². The highest BCUT2D eigenvalue weighted by Gasteiger charge is 2.23. The summed E-state index contributed by atoms with van der Waals surface area (Å²) in [6.45, 7) is 0. The van der Waals surface area contributed by atoms with Crippen LogP contribution in [-0.2, 0) is 10.0 Å². The van der Waals surface area contributed by atoms with E-state index in [4.69, 9.17) is 11.6 Å². The van der Waals surface area contributed by atoms with E-state index in [-0.39, 0.29) is 10.7 Å². The number of hydrogen-bond donors (Lipinski definition) is 0. The molecular weight excluding hydrogens is 293 g/mol. The van der Waals surface area contributed by atoms with E-state index in [1.807, 2.05) is 0 Å². The minimum Gasteiger partial charge on any atom is -0.260 e. The molecule has 0 amide bonds. The average molecular weight is 302 g/mol. The molecule has 0 bridgehead atoms. The summed E-state index contributed by atoms with van der Waals surface area (Å²) in [7, 11) is -2.59. The van der Waals surface area contributed by atoms with Gasteiger partial charge in [-0.1, -0.05) is 11.6 Å². The number of nitrogens with zero attached hydrogens (tertiary/aromatic N) is 3. The van der Waals surface area contributed by atoms with Gasteiger partial charge >= 0.3 is 0 Å². The van der Waals surface area contributed by atoms with Crippen molar-refractivity contribution in [1.29, 1.82) is 0 Å². The van der Waals surface area contributed by atoms with Gasteiger partial charge in [-0.25, -0.2) is 17.8 Å². The Morgan fingerprint density at radius 2 is 2.00 bits per heavy atom. The largest absolute Gasteiger partial charge is 0.266 e. The second kappa shape index (κ2) is 5.10. The van der Waals surface area contributed by atoms with Gasteiger partial charge in [0.05, 0.1) is 11.2 Å². The van der Waals surface area contributed by atoms with Gasteiger partial charge in [0, 0.05) is 19.4 Å². The fourth-order valence-electron chi connectivity index (χ4n) is 1.37. The van der Waals surface area contributed by atoms with Gasteiger partial charge in [0.2, 0.25) is 0 Å². The van der Waals surface area contributed by atoms with Crippen molar-refractivity contribution >= 4 is 27.4 Å². The molecule has 0 saturated carbocycles. The van der Waals surface area contributed by atoms with Crippen molar-refractivity contribution in [3.05, 3.63) is 47.6 Å². The van der Waals surface area contributed by atoms with Gasteiger partial charge in [-0.15, -0.1) is 0 Å². The van der Waals surface area contributed by atoms with Gasteiger partial charge < -0.3 is 0 Å². The molecule has 100 valence electrons. The molecule has 2 heterocycles. The highest BCUT2D eigenvalue weighted by molar-refractivity contribution is 7.92. The molecule has 0 atom stereocenters. The maximum absolute atomic E-state index is 13.0. The number of aromatic nitrogens is 2. The Balaban J connectivity index is 2.42. The van der Waals surface area contributed by atoms with Gasteiger partial charge in [-0.05, 0) is 18.2 Å². The molecule has 5 nitrogen and oxygen atoms in total. The van der Waals surface area contributed by atoms with E-state index in [1.54, 1.807) is 0 Å². The lowest BCUT2D eigenvalue weighted by atomic mass is 10.5. The molecule has 2 aromatic heterocycles. The summed E-state index contributed by atoms with van der Waals surface area (Å²) >= 11 is 5.68. The number of hydrogen-bond acceptors (Lipinski definition) is 4. The van der Waals surface area contributed by atoms with E-state index in [9.17, 15) is 12.8 Å². The maximum atomic E-state index is 13.0. The van der Waals surface area contributed by atoms with E-state index >= 15 is 0 Å². The zero-order valence-corrected chi connectivity index (χ0v) is 11.4. The van der Waals surface area contributed by atoms with Crippen LogP contribution in [0.5, 0.6) is 0 Å². The molecule has 2 rings (SSSR count). The molecule has 0 N–H and O–H groups in total. The second-order valence-electron chi connectivity index (χ2n) is 3.65. The number of anilines is 1. The zero-order valence-electron chi connectivity index (χ0n) is 9.79. The summed E-state index contributed by atoms with van der Waals surface area (Å²) < 4.78 is 38.4. The number of rotatable bonds is 3. The number of halogens is 2. The Kier molecular flexibility index (Phi) is 3.68. The first-order valence-electron chi connectivity index (χ1n) is 5.12. The average Bonchev–Trinajstić information content (AvgIpc) is 2.39. The van der Waals surface area contributed by atoms with Gasteiger partial charge in [0.1, 0.15) is 16.5 Å². The van der Waals surface area contributed by atoms with Gasteiger partial charge in [-0.3, -0.25) is 9.29 Å². The van der Waals surface area contributed by atoms with Crippen molar-refractivity contribution in [3.63, 3.8) is 0 Å². The first kappa shape index (κ1) is 13.7. The van der Waals surface area contributed by atoms with Crippen LogP contribution in [-0.4, -0.2) is 25.4 Å². The quantitative estimate of drug-likeness (QED) is 0.871. The lowest BCUT2D eigenvalue weighted by molar-refractivity contribution is 0.586. The predicted molar refractivity (Wildman–Crippen MR) is 69.0 cm³/mol. The van der Waals surface area contributed by atoms with Crippen molar-refractivity contribution in [2.45, 2.75) is 4.90 Å². The van der Waals surface area contributed by atoms with Crippen molar-refractivity contribution in [2.75, 3.05) is 11.4 Å². The van der Waals surface area contributed by atoms with Crippen LogP contribution in [0.4, 0.5) is 10.2 Å². The van der Waals surface area contributed by atoms with Crippen LogP contribution in [0.15, 0.2) is 41.7 Å². The first-order chi connectivity index (χ1) is 8.91. The summed E-state index contributed by atoms with van der Waals surface area (Å²) in [5.41, 5.74) is 0. The summed E-state index contributed by atoms with van der Waals surface area (Å²) in [5.74, 6) is -0.549. The molecule has 0 fully saturated rings. The van der Waals surface area contributed by atoms with Crippen molar-refractivity contribution in [3.8, 4) is 0 Å². The second-order valence-corrected chi connectivity index (χ2v) is 6.05. The Morgan fingerprint density at radius 3 is 2.58 bits per heavy atom. The number of pyridine rings is 2. The number of sulfonamides is 1. The van der Waals surface area contributed by atoms with Crippen LogP contribution < -0.4 is 4.31 Å². The smallest absolute Gasteiger partial charge is 0.260 e. The SMILES string of the molecule is CN(c1ccc(Cl)cn1)S(=O)(=O)c1cncc(F)c1. The summed E-state index contributed by atoms with van der Waals surface area (Å²) in [6.07, 6.45) is 3.33. The van der Waals surface area contributed by atoms with Crippen LogP contribution in [0.3, 0.4) is 0 Å². The van der Waals surface area contributed by atoms with E-state index in [0.29, 0.717) is 5.02 Å². The lowest BCUT2D eigenvalue weighted by Gasteiger charge is -2.18. The third-order valence-corrected chi connectivity index (χ3v) is 4.32. The summed E-state index contributed by atoms with van der Waals surface area (Å²) in [4.78, 5) is 7.17. The third kappa shape index (κ3) is 2.82. The summed E-state index contributed by atoms with van der Waals surface area (Å²) in [5, 5.41) is 0.391. The van der Waals surface area contributed by atoms with Crippen molar-refractivity contribution in [1.82, 2.24) is 9.97 Å². The van der Waals surface area contributed by atoms with Crippen molar-refractivity contribution in [2.24, 2.45) is 0 Å². The fraction of sp³-hybridized carbons (Fsp3) is 0.0909. The van der Waals surface area contributed by atoms with Crippen LogP contribution in [0, 0.1) is 5.82 Å². The third-order valence-electron chi connectivity index (χ3n) is 2.37. The van der Waals surface area contributed by atoms with E-state index in [0.717, 1.165) is 22.8 Å².